The second-order valence-electron chi connectivity index (χ2n) is 4.32. The molecule has 5 heteroatoms. The van der Waals surface area contributed by atoms with Crippen molar-refractivity contribution in [2.45, 2.75) is 18.8 Å². The van der Waals surface area contributed by atoms with Gasteiger partial charge in [-0.25, -0.2) is 9.97 Å². The molecule has 1 aromatic heterocycles. The van der Waals surface area contributed by atoms with E-state index >= 15 is 0 Å². The first-order chi connectivity index (χ1) is 8.65. The summed E-state index contributed by atoms with van der Waals surface area (Å²) in [6.07, 6.45) is 2.26. The van der Waals surface area contributed by atoms with Gasteiger partial charge in [0.1, 0.15) is 16.1 Å². The fraction of sp³-hybridized carbons (Fsp3) is 0.231. The Morgan fingerprint density at radius 1 is 1.00 bits per heavy atom. The summed E-state index contributed by atoms with van der Waals surface area (Å²) < 4.78 is 1.01. The molecule has 0 radical (unpaired) electrons. The van der Waals surface area contributed by atoms with E-state index in [4.69, 9.17) is 23.2 Å². The normalized spacial score (nSPS) is 14.8. The van der Waals surface area contributed by atoms with Gasteiger partial charge in [-0.3, -0.25) is 0 Å². The zero-order valence-corrected chi connectivity index (χ0v) is 12.4. The lowest BCUT2D eigenvalue weighted by Crippen LogP contribution is -1.96. The third-order valence-electron chi connectivity index (χ3n) is 2.91. The lowest BCUT2D eigenvalue weighted by atomic mass is 10.1. The van der Waals surface area contributed by atoms with Gasteiger partial charge in [-0.2, -0.15) is 0 Å². The van der Waals surface area contributed by atoms with E-state index in [2.05, 4.69) is 25.9 Å². The molecule has 0 N–H and O–H groups in total. The van der Waals surface area contributed by atoms with Gasteiger partial charge in [0.2, 0.25) is 0 Å². The van der Waals surface area contributed by atoms with Crippen LogP contribution in [0.1, 0.15) is 24.6 Å². The lowest BCUT2D eigenvalue weighted by molar-refractivity contribution is 0.929. The summed E-state index contributed by atoms with van der Waals surface area (Å²) in [7, 11) is 0. The number of hydrogen-bond donors (Lipinski definition) is 0. The third-order valence-corrected chi connectivity index (χ3v) is 3.99. The number of halogens is 3. The smallest absolute Gasteiger partial charge is 0.142 e. The van der Waals surface area contributed by atoms with E-state index in [0.717, 1.165) is 28.7 Å². The van der Waals surface area contributed by atoms with Crippen LogP contribution in [0.3, 0.4) is 0 Å². The molecule has 0 bridgehead atoms. The SMILES string of the molecule is Clc1nc(C2CC2)nc(Cl)c1-c1ccc(Br)cc1. The van der Waals surface area contributed by atoms with Gasteiger partial charge in [0.05, 0.1) is 5.56 Å². The molecule has 1 heterocycles. The van der Waals surface area contributed by atoms with Crippen molar-refractivity contribution in [3.8, 4) is 11.1 Å². The molecular weight excluding hydrogens is 335 g/mol. The Labute approximate surface area is 123 Å². The fourth-order valence-electron chi connectivity index (χ4n) is 1.80. The van der Waals surface area contributed by atoms with Crippen LogP contribution in [0.5, 0.6) is 0 Å². The molecule has 0 saturated heterocycles. The molecular formula is C13H9BrCl2N2. The Bertz CT molecular complexity index is 571. The summed E-state index contributed by atoms with van der Waals surface area (Å²) in [5.74, 6) is 1.21. The highest BCUT2D eigenvalue weighted by atomic mass is 79.9. The summed E-state index contributed by atoms with van der Waals surface area (Å²) >= 11 is 15.9. The van der Waals surface area contributed by atoms with E-state index in [9.17, 15) is 0 Å². The Kier molecular flexibility index (Phi) is 3.31. The van der Waals surface area contributed by atoms with Gasteiger partial charge < -0.3 is 0 Å². The Morgan fingerprint density at radius 3 is 2.06 bits per heavy atom. The number of aromatic nitrogens is 2. The highest BCUT2D eigenvalue weighted by Crippen LogP contribution is 2.41. The van der Waals surface area contributed by atoms with Crippen molar-refractivity contribution in [1.29, 1.82) is 0 Å². The molecule has 2 aromatic rings. The predicted octanol–water partition coefficient (Wildman–Crippen LogP) is 5.09. The first kappa shape index (κ1) is 12.4. The molecule has 1 saturated carbocycles. The maximum Gasteiger partial charge on any atom is 0.142 e. The average molecular weight is 344 g/mol. The number of benzene rings is 1. The van der Waals surface area contributed by atoms with Gasteiger partial charge in [-0.1, -0.05) is 51.3 Å². The second kappa shape index (κ2) is 4.80. The van der Waals surface area contributed by atoms with Crippen LogP contribution in [0.4, 0.5) is 0 Å². The number of hydrogen-bond acceptors (Lipinski definition) is 2. The van der Waals surface area contributed by atoms with Gasteiger partial charge >= 0.3 is 0 Å². The van der Waals surface area contributed by atoms with Crippen molar-refractivity contribution in [3.05, 3.63) is 44.9 Å². The van der Waals surface area contributed by atoms with Crippen molar-refractivity contribution >= 4 is 39.1 Å². The van der Waals surface area contributed by atoms with Crippen LogP contribution in [0.25, 0.3) is 11.1 Å². The monoisotopic (exact) mass is 342 g/mol. The van der Waals surface area contributed by atoms with E-state index in [1.807, 2.05) is 24.3 Å². The molecule has 1 aromatic carbocycles. The molecule has 0 atom stereocenters. The fourth-order valence-corrected chi connectivity index (χ4v) is 2.69. The van der Waals surface area contributed by atoms with E-state index < -0.39 is 0 Å². The van der Waals surface area contributed by atoms with Crippen LogP contribution in [0.2, 0.25) is 10.3 Å². The largest absolute Gasteiger partial charge is 0.220 e. The highest BCUT2D eigenvalue weighted by Gasteiger charge is 2.28. The second-order valence-corrected chi connectivity index (χ2v) is 5.95. The maximum atomic E-state index is 6.23. The summed E-state index contributed by atoms with van der Waals surface area (Å²) in [6.45, 7) is 0. The zero-order valence-electron chi connectivity index (χ0n) is 9.33. The molecule has 0 spiro atoms. The quantitative estimate of drug-likeness (QED) is 0.709. The van der Waals surface area contributed by atoms with Crippen LogP contribution in [0.15, 0.2) is 28.7 Å². The maximum absolute atomic E-state index is 6.23. The van der Waals surface area contributed by atoms with Crippen LogP contribution in [-0.4, -0.2) is 9.97 Å². The summed E-state index contributed by atoms with van der Waals surface area (Å²) in [5, 5.41) is 0.860. The van der Waals surface area contributed by atoms with E-state index in [1.165, 1.54) is 0 Å². The summed E-state index contributed by atoms with van der Waals surface area (Å²) in [5.41, 5.74) is 1.63. The van der Waals surface area contributed by atoms with Gasteiger partial charge in [0, 0.05) is 10.4 Å². The Morgan fingerprint density at radius 2 is 1.56 bits per heavy atom. The molecule has 0 unspecified atom stereocenters. The van der Waals surface area contributed by atoms with Crippen LogP contribution >= 0.6 is 39.1 Å². The van der Waals surface area contributed by atoms with Crippen molar-refractivity contribution in [2.75, 3.05) is 0 Å². The zero-order chi connectivity index (χ0) is 12.7. The minimum Gasteiger partial charge on any atom is -0.220 e. The molecule has 0 aliphatic heterocycles. The van der Waals surface area contributed by atoms with Gasteiger partial charge in [0.15, 0.2) is 0 Å². The molecule has 1 aliphatic rings. The molecule has 0 amide bonds. The van der Waals surface area contributed by atoms with Gasteiger partial charge in [-0.05, 0) is 30.5 Å². The molecule has 1 fully saturated rings. The number of nitrogens with zero attached hydrogens (tertiary/aromatic N) is 2. The summed E-state index contributed by atoms with van der Waals surface area (Å²) in [4.78, 5) is 8.71. The Balaban J connectivity index is 2.08. The predicted molar refractivity (Wildman–Crippen MR) is 77.2 cm³/mol. The van der Waals surface area contributed by atoms with Crippen molar-refractivity contribution in [2.24, 2.45) is 0 Å². The van der Waals surface area contributed by atoms with E-state index in [-0.39, 0.29) is 0 Å². The van der Waals surface area contributed by atoms with Crippen LogP contribution < -0.4 is 0 Å². The summed E-state index contributed by atoms with van der Waals surface area (Å²) in [6, 6.07) is 7.77. The molecule has 1 aliphatic carbocycles. The molecule has 18 heavy (non-hydrogen) atoms. The lowest BCUT2D eigenvalue weighted by Gasteiger charge is -2.08. The van der Waals surface area contributed by atoms with E-state index in [0.29, 0.717) is 21.8 Å². The standard InChI is InChI=1S/C13H9BrCl2N2/c14-9-5-3-7(4-6-9)10-11(15)17-13(8-1-2-8)18-12(10)16/h3-6,8H,1-2H2. The minimum absolute atomic E-state index is 0.430. The first-order valence-corrected chi connectivity index (χ1v) is 7.19. The minimum atomic E-state index is 0.430. The van der Waals surface area contributed by atoms with Crippen LogP contribution in [0, 0.1) is 0 Å². The highest BCUT2D eigenvalue weighted by molar-refractivity contribution is 9.10. The van der Waals surface area contributed by atoms with Crippen molar-refractivity contribution in [1.82, 2.24) is 9.97 Å². The topological polar surface area (TPSA) is 25.8 Å². The van der Waals surface area contributed by atoms with Gasteiger partial charge in [-0.15, -0.1) is 0 Å². The van der Waals surface area contributed by atoms with Crippen molar-refractivity contribution in [3.63, 3.8) is 0 Å². The molecule has 3 rings (SSSR count). The number of rotatable bonds is 2. The Hall–Kier alpha value is -0.640. The first-order valence-electron chi connectivity index (χ1n) is 5.64. The van der Waals surface area contributed by atoms with E-state index in [1.54, 1.807) is 0 Å². The average Bonchev–Trinajstić information content (AvgIpc) is 3.14. The van der Waals surface area contributed by atoms with Crippen molar-refractivity contribution < 1.29 is 0 Å². The molecule has 2 nitrogen and oxygen atoms in total. The van der Waals surface area contributed by atoms with Crippen LogP contribution in [-0.2, 0) is 0 Å². The molecule has 92 valence electrons. The third kappa shape index (κ3) is 2.40. The van der Waals surface area contributed by atoms with Gasteiger partial charge in [0.25, 0.3) is 0 Å².